The first-order valence-electron chi connectivity index (χ1n) is 7.82. The van der Waals surface area contributed by atoms with Gasteiger partial charge in [-0.15, -0.1) is 0 Å². The van der Waals surface area contributed by atoms with E-state index in [9.17, 15) is 15.2 Å². The molecule has 9 nitrogen and oxygen atoms in total. The lowest BCUT2D eigenvalue weighted by Crippen LogP contribution is -2.15. The minimum Gasteiger partial charge on any atom is -0.508 e. The molecule has 1 aromatic carbocycles. The quantitative estimate of drug-likeness (QED) is 0.519. The zero-order valence-corrected chi connectivity index (χ0v) is 15.3. The average Bonchev–Trinajstić information content (AvgIpc) is 3.22. The summed E-state index contributed by atoms with van der Waals surface area (Å²) in [5, 5.41) is 29.6. The van der Waals surface area contributed by atoms with Crippen molar-refractivity contribution in [2.45, 2.75) is 32.7 Å². The summed E-state index contributed by atoms with van der Waals surface area (Å²) in [6.07, 6.45) is 3.07. The number of aromatic nitrogens is 4. The molecule has 3 aromatic rings. The first kappa shape index (κ1) is 17.8. The largest absolute Gasteiger partial charge is 0.508 e. The summed E-state index contributed by atoms with van der Waals surface area (Å²) < 4.78 is 1.66. The van der Waals surface area contributed by atoms with Gasteiger partial charge in [0.1, 0.15) is 23.4 Å². The summed E-state index contributed by atoms with van der Waals surface area (Å²) in [4.78, 5) is 19.0. The standard InChI is InChI=1S/C16H18N6O3S/c1-16(2,3)13-14(21-9-17-8-19-21)26-15(20-13)18-7-10-6-11(22(24)25)4-5-12(10)23/h4-6,8-9,23H,7H2,1-3H3,(H,18,20). The second-order valence-electron chi connectivity index (χ2n) is 6.69. The Kier molecular flexibility index (Phi) is 4.60. The molecule has 0 saturated carbocycles. The molecule has 0 unspecified atom stereocenters. The zero-order chi connectivity index (χ0) is 18.9. The van der Waals surface area contributed by atoms with E-state index in [1.165, 1.54) is 35.9 Å². The van der Waals surface area contributed by atoms with Gasteiger partial charge in [-0.3, -0.25) is 10.1 Å². The highest BCUT2D eigenvalue weighted by molar-refractivity contribution is 7.18. The van der Waals surface area contributed by atoms with Crippen LogP contribution in [0.3, 0.4) is 0 Å². The van der Waals surface area contributed by atoms with Crippen molar-refractivity contribution in [3.63, 3.8) is 0 Å². The molecule has 2 heterocycles. The summed E-state index contributed by atoms with van der Waals surface area (Å²) in [7, 11) is 0. The average molecular weight is 374 g/mol. The highest BCUT2D eigenvalue weighted by Gasteiger charge is 2.25. The van der Waals surface area contributed by atoms with Gasteiger partial charge < -0.3 is 10.4 Å². The van der Waals surface area contributed by atoms with E-state index < -0.39 is 4.92 Å². The Morgan fingerprint density at radius 3 is 2.77 bits per heavy atom. The molecular formula is C16H18N6O3S. The lowest BCUT2D eigenvalue weighted by atomic mass is 9.92. The van der Waals surface area contributed by atoms with Gasteiger partial charge in [0.05, 0.1) is 10.6 Å². The smallest absolute Gasteiger partial charge is 0.270 e. The van der Waals surface area contributed by atoms with E-state index in [-0.39, 0.29) is 23.4 Å². The fourth-order valence-corrected chi connectivity index (χ4v) is 3.44. The van der Waals surface area contributed by atoms with Gasteiger partial charge in [-0.25, -0.2) is 14.6 Å². The minimum atomic E-state index is -0.493. The number of hydrogen-bond acceptors (Lipinski definition) is 8. The maximum Gasteiger partial charge on any atom is 0.270 e. The molecule has 0 aliphatic rings. The second-order valence-corrected chi connectivity index (χ2v) is 7.66. The van der Waals surface area contributed by atoms with Gasteiger partial charge in [0.15, 0.2) is 5.13 Å². The third-order valence-electron chi connectivity index (χ3n) is 3.65. The Balaban J connectivity index is 1.88. The molecule has 0 amide bonds. The number of thiazole rings is 1. The van der Waals surface area contributed by atoms with Crippen LogP contribution in [0.2, 0.25) is 0 Å². The molecule has 0 radical (unpaired) electrons. The van der Waals surface area contributed by atoms with Crippen LogP contribution in [0.4, 0.5) is 10.8 Å². The third kappa shape index (κ3) is 3.64. The molecule has 0 saturated heterocycles. The van der Waals surface area contributed by atoms with E-state index in [4.69, 9.17) is 0 Å². The zero-order valence-electron chi connectivity index (χ0n) is 14.5. The fourth-order valence-electron chi connectivity index (χ4n) is 2.34. The molecule has 2 N–H and O–H groups in total. The molecule has 26 heavy (non-hydrogen) atoms. The van der Waals surface area contributed by atoms with Crippen LogP contribution in [0.15, 0.2) is 30.9 Å². The SMILES string of the molecule is CC(C)(C)c1nc(NCc2cc([N+](=O)[O-])ccc2O)sc1-n1cncn1. The van der Waals surface area contributed by atoms with Gasteiger partial charge in [0.25, 0.3) is 5.69 Å². The Labute approximate surface area is 153 Å². The molecular weight excluding hydrogens is 356 g/mol. The van der Waals surface area contributed by atoms with E-state index in [2.05, 4.69) is 41.2 Å². The molecule has 0 fully saturated rings. The summed E-state index contributed by atoms with van der Waals surface area (Å²) in [6, 6.07) is 3.93. The van der Waals surface area contributed by atoms with Crippen molar-refractivity contribution >= 4 is 22.2 Å². The Bertz CT molecular complexity index is 930. The predicted molar refractivity (Wildman–Crippen MR) is 97.8 cm³/mol. The van der Waals surface area contributed by atoms with Crippen molar-refractivity contribution in [1.29, 1.82) is 0 Å². The summed E-state index contributed by atoms with van der Waals surface area (Å²) >= 11 is 1.40. The highest BCUT2D eigenvalue weighted by Crippen LogP contribution is 2.35. The number of aromatic hydroxyl groups is 1. The monoisotopic (exact) mass is 374 g/mol. The molecule has 0 bridgehead atoms. The Hall–Kier alpha value is -3.01. The van der Waals surface area contributed by atoms with Crippen LogP contribution in [-0.2, 0) is 12.0 Å². The molecule has 0 spiro atoms. The van der Waals surface area contributed by atoms with Crippen LogP contribution in [0.25, 0.3) is 5.00 Å². The third-order valence-corrected chi connectivity index (χ3v) is 4.65. The van der Waals surface area contributed by atoms with Gasteiger partial charge in [-0.2, -0.15) is 5.10 Å². The number of nitrogens with zero attached hydrogens (tertiary/aromatic N) is 5. The van der Waals surface area contributed by atoms with Crippen molar-refractivity contribution in [3.8, 4) is 10.8 Å². The normalized spacial score (nSPS) is 11.5. The maximum absolute atomic E-state index is 10.9. The molecule has 3 rings (SSSR count). The summed E-state index contributed by atoms with van der Waals surface area (Å²) in [5.41, 5.74) is 1.01. The summed E-state index contributed by atoms with van der Waals surface area (Å²) in [6.45, 7) is 6.37. The Morgan fingerprint density at radius 2 is 2.15 bits per heavy atom. The van der Waals surface area contributed by atoms with Crippen LogP contribution >= 0.6 is 11.3 Å². The van der Waals surface area contributed by atoms with E-state index in [1.807, 2.05) is 0 Å². The van der Waals surface area contributed by atoms with Gasteiger partial charge in [-0.1, -0.05) is 32.1 Å². The summed E-state index contributed by atoms with van der Waals surface area (Å²) in [5.74, 6) is -0.00722. The number of anilines is 1. The molecule has 0 aliphatic heterocycles. The number of nitro groups is 1. The first-order valence-corrected chi connectivity index (χ1v) is 8.64. The van der Waals surface area contributed by atoms with Crippen molar-refractivity contribution in [2.24, 2.45) is 0 Å². The maximum atomic E-state index is 10.9. The van der Waals surface area contributed by atoms with Crippen LogP contribution in [0.5, 0.6) is 5.75 Å². The molecule has 2 aromatic heterocycles. The number of phenols is 1. The minimum absolute atomic E-state index is 0.00722. The van der Waals surface area contributed by atoms with Crippen molar-refractivity contribution < 1.29 is 10.0 Å². The van der Waals surface area contributed by atoms with Crippen LogP contribution in [-0.4, -0.2) is 29.8 Å². The lowest BCUT2D eigenvalue weighted by molar-refractivity contribution is -0.384. The molecule has 136 valence electrons. The fraction of sp³-hybridized carbons (Fsp3) is 0.312. The van der Waals surface area contributed by atoms with Crippen LogP contribution in [0.1, 0.15) is 32.0 Å². The number of benzene rings is 1. The number of nitro benzene ring substituents is 1. The van der Waals surface area contributed by atoms with E-state index in [0.717, 1.165) is 10.7 Å². The van der Waals surface area contributed by atoms with E-state index in [0.29, 0.717) is 10.7 Å². The Morgan fingerprint density at radius 1 is 1.38 bits per heavy atom. The lowest BCUT2D eigenvalue weighted by Gasteiger charge is -2.16. The predicted octanol–water partition coefficient (Wildman–Crippen LogP) is 3.25. The number of rotatable bonds is 5. The second kappa shape index (κ2) is 6.71. The van der Waals surface area contributed by atoms with Gasteiger partial charge in [-0.05, 0) is 6.07 Å². The number of non-ortho nitro benzene ring substituents is 1. The van der Waals surface area contributed by atoms with E-state index >= 15 is 0 Å². The number of nitrogens with one attached hydrogen (secondary N) is 1. The molecule has 0 aliphatic carbocycles. The number of hydrogen-bond donors (Lipinski definition) is 2. The highest BCUT2D eigenvalue weighted by atomic mass is 32.1. The number of phenolic OH excluding ortho intramolecular Hbond substituents is 1. The van der Waals surface area contributed by atoms with Gasteiger partial charge in [0.2, 0.25) is 0 Å². The van der Waals surface area contributed by atoms with Crippen molar-refractivity contribution in [2.75, 3.05) is 5.32 Å². The van der Waals surface area contributed by atoms with Gasteiger partial charge in [0, 0.05) is 29.7 Å². The first-order chi connectivity index (χ1) is 12.3. The molecule has 10 heteroatoms. The van der Waals surface area contributed by atoms with Crippen molar-refractivity contribution in [3.05, 3.63) is 52.2 Å². The van der Waals surface area contributed by atoms with Crippen LogP contribution < -0.4 is 5.32 Å². The van der Waals surface area contributed by atoms with Crippen molar-refractivity contribution in [1.82, 2.24) is 19.7 Å². The topological polar surface area (TPSA) is 119 Å². The van der Waals surface area contributed by atoms with Gasteiger partial charge >= 0.3 is 0 Å². The van der Waals surface area contributed by atoms with E-state index in [1.54, 1.807) is 11.0 Å². The van der Waals surface area contributed by atoms with Crippen LogP contribution in [0, 0.1) is 10.1 Å². The molecule has 0 atom stereocenters.